The Morgan fingerprint density at radius 2 is 1.54 bits per heavy atom. The molecule has 0 fully saturated rings. The van der Waals surface area contributed by atoms with E-state index in [4.69, 9.17) is 4.74 Å². The van der Waals surface area contributed by atoms with Gasteiger partial charge in [0.15, 0.2) is 0 Å². The quantitative estimate of drug-likeness (QED) is 0.346. The van der Waals surface area contributed by atoms with Gasteiger partial charge in [-0.2, -0.15) is 26.3 Å². The molecule has 2 aromatic carbocycles. The van der Waals surface area contributed by atoms with Gasteiger partial charge >= 0.3 is 12.4 Å². The van der Waals surface area contributed by atoms with Crippen molar-refractivity contribution in [2.75, 3.05) is 0 Å². The van der Waals surface area contributed by atoms with Gasteiger partial charge in [0.2, 0.25) is 0 Å². The fourth-order valence-corrected chi connectivity index (χ4v) is 2.54. The Morgan fingerprint density at radius 1 is 0.929 bits per heavy atom. The number of aromatic nitrogens is 1. The van der Waals surface area contributed by atoms with Crippen LogP contribution in [0.25, 0.3) is 10.9 Å². The summed E-state index contributed by atoms with van der Waals surface area (Å²) in [4.78, 5) is 4.14. The number of ether oxygens (including phenoxy) is 1. The van der Waals surface area contributed by atoms with Gasteiger partial charge in [0.05, 0.1) is 11.1 Å². The summed E-state index contributed by atoms with van der Waals surface area (Å²) in [5.41, 5.74) is -1.48. The Labute approximate surface area is 181 Å². The van der Waals surface area contributed by atoms with E-state index in [0.29, 0.717) is 23.0 Å². The number of alkyl halides is 6. The number of aryl methyl sites for hydroxylation is 1. The number of fused-ring (bicyclic) bond motifs is 1. The molecule has 3 aromatic rings. The van der Waals surface area contributed by atoms with Gasteiger partial charge in [0.1, 0.15) is 6.61 Å². The van der Waals surface area contributed by atoms with Crippen molar-refractivity contribution in [3.05, 3.63) is 70.9 Å². The van der Waals surface area contributed by atoms with E-state index in [2.05, 4.69) is 11.1 Å². The fourth-order valence-electron chi connectivity index (χ4n) is 2.54. The molecule has 0 atom stereocenters. The molecule has 0 aliphatic heterocycles. The average molecular weight is 473 g/mol. The van der Waals surface area contributed by atoms with E-state index in [9.17, 15) is 26.3 Å². The van der Waals surface area contributed by atoms with Crippen molar-refractivity contribution in [1.82, 2.24) is 4.98 Å². The molecule has 0 saturated carbocycles. The SMILES string of the molecule is Cc1ccnc2ccc(OCc3cc(C(F)(F)F)cc(C(F)(F)F)c3)[c-]c12.[Y]. The van der Waals surface area contributed by atoms with Crippen LogP contribution in [0, 0.1) is 13.0 Å². The first-order chi connectivity index (χ1) is 12.5. The molecule has 0 amide bonds. The van der Waals surface area contributed by atoms with Crippen LogP contribution in [0.1, 0.15) is 22.3 Å². The van der Waals surface area contributed by atoms with Crippen LogP contribution in [-0.2, 0) is 51.7 Å². The van der Waals surface area contributed by atoms with Crippen LogP contribution in [0.15, 0.2) is 42.6 Å². The molecule has 9 heteroatoms. The maximum absolute atomic E-state index is 12.9. The van der Waals surface area contributed by atoms with Crippen LogP contribution < -0.4 is 4.74 Å². The largest absolute Gasteiger partial charge is 0.508 e. The smallest absolute Gasteiger partial charge is 0.416 e. The van der Waals surface area contributed by atoms with Gasteiger partial charge in [-0.25, -0.2) is 0 Å². The number of hydrogen-bond acceptors (Lipinski definition) is 2. The first kappa shape index (κ1) is 22.6. The molecule has 1 heterocycles. The molecule has 28 heavy (non-hydrogen) atoms. The molecule has 145 valence electrons. The minimum atomic E-state index is -4.89. The van der Waals surface area contributed by atoms with Crippen molar-refractivity contribution >= 4 is 10.9 Å². The normalized spacial score (nSPS) is 12.0. The number of rotatable bonds is 3. The number of benzene rings is 2. The van der Waals surface area contributed by atoms with Gasteiger partial charge in [-0.3, -0.25) is 0 Å². The fraction of sp³-hybridized carbons (Fsp3) is 0.211. The third-order valence-corrected chi connectivity index (χ3v) is 3.87. The van der Waals surface area contributed by atoms with E-state index in [1.807, 2.05) is 6.92 Å². The van der Waals surface area contributed by atoms with Crippen LogP contribution in [0.4, 0.5) is 26.3 Å². The van der Waals surface area contributed by atoms with Gasteiger partial charge in [-0.15, -0.1) is 17.0 Å². The Balaban J connectivity index is 0.00000280. The molecule has 1 aromatic heterocycles. The molecule has 0 aliphatic rings. The van der Waals surface area contributed by atoms with Crippen LogP contribution in [0.5, 0.6) is 5.75 Å². The van der Waals surface area contributed by atoms with Gasteiger partial charge < -0.3 is 9.72 Å². The molecule has 0 aliphatic carbocycles. The summed E-state index contributed by atoms with van der Waals surface area (Å²) in [6.07, 6.45) is -8.17. The van der Waals surface area contributed by atoms with Crippen LogP contribution in [-0.4, -0.2) is 4.98 Å². The average Bonchev–Trinajstić information content (AvgIpc) is 2.59. The molecule has 0 bridgehead atoms. The first-order valence-electron chi connectivity index (χ1n) is 7.73. The Bertz CT molecular complexity index is 952. The predicted octanol–water partition coefficient (Wildman–Crippen LogP) is 5.96. The standard InChI is InChI=1S/C19H12F6NO.Y/c1-11-4-5-26-17-3-2-15(9-16(11)17)27-10-12-6-13(18(20,21)22)8-14(7-12)19(23,24)25;/h2-8H,10H2,1H3;/q-1;. The third-order valence-electron chi connectivity index (χ3n) is 3.87. The summed E-state index contributed by atoms with van der Waals surface area (Å²) in [5, 5.41) is 0.662. The second-order valence-corrected chi connectivity index (χ2v) is 5.91. The monoisotopic (exact) mass is 473 g/mol. The zero-order valence-corrected chi connectivity index (χ0v) is 17.3. The molecule has 1 radical (unpaired) electrons. The van der Waals surface area contributed by atoms with Crippen molar-refractivity contribution in [2.24, 2.45) is 0 Å². The molecular formula is C19H12F6NOY-. The second-order valence-electron chi connectivity index (χ2n) is 5.91. The van der Waals surface area contributed by atoms with Crippen molar-refractivity contribution in [3.63, 3.8) is 0 Å². The Hall–Kier alpha value is -1.67. The number of hydrogen-bond donors (Lipinski definition) is 0. The summed E-state index contributed by atoms with van der Waals surface area (Å²) in [6, 6.07) is 9.20. The number of nitrogens with zero attached hydrogens (tertiary/aromatic N) is 1. The minimum Gasteiger partial charge on any atom is -0.508 e. The van der Waals surface area contributed by atoms with Crippen LogP contribution >= 0.6 is 0 Å². The number of halogens is 6. The molecule has 0 N–H and O–H groups in total. The van der Waals surface area contributed by atoms with Crippen molar-refractivity contribution < 1.29 is 63.8 Å². The third kappa shape index (κ3) is 5.23. The molecule has 0 unspecified atom stereocenters. The van der Waals surface area contributed by atoms with E-state index in [0.717, 1.165) is 5.56 Å². The Morgan fingerprint density at radius 3 is 2.11 bits per heavy atom. The molecule has 0 spiro atoms. The van der Waals surface area contributed by atoms with E-state index in [1.54, 1.807) is 18.3 Å². The van der Waals surface area contributed by atoms with E-state index in [-0.39, 0.29) is 50.1 Å². The second kappa shape index (κ2) is 8.37. The van der Waals surface area contributed by atoms with Crippen LogP contribution in [0.3, 0.4) is 0 Å². The summed E-state index contributed by atoms with van der Waals surface area (Å²) in [5.74, 6) is 0.199. The predicted molar refractivity (Wildman–Crippen MR) is 86.1 cm³/mol. The van der Waals surface area contributed by atoms with Gasteiger partial charge in [-0.1, -0.05) is 25.1 Å². The maximum Gasteiger partial charge on any atom is 0.416 e. The minimum absolute atomic E-state index is 0. The first-order valence-corrected chi connectivity index (χ1v) is 7.73. The summed E-state index contributed by atoms with van der Waals surface area (Å²) < 4.78 is 82.8. The zero-order chi connectivity index (χ0) is 19.8. The van der Waals surface area contributed by atoms with Crippen LogP contribution in [0.2, 0.25) is 0 Å². The van der Waals surface area contributed by atoms with E-state index < -0.39 is 30.1 Å². The van der Waals surface area contributed by atoms with Gasteiger partial charge in [0, 0.05) is 44.7 Å². The van der Waals surface area contributed by atoms with E-state index in [1.165, 1.54) is 6.07 Å². The van der Waals surface area contributed by atoms with Crippen molar-refractivity contribution in [2.45, 2.75) is 25.9 Å². The zero-order valence-electron chi connectivity index (χ0n) is 14.4. The summed E-state index contributed by atoms with van der Waals surface area (Å²) in [6.45, 7) is 1.36. The number of pyridine rings is 1. The molecule has 3 rings (SSSR count). The molecule has 2 nitrogen and oxygen atoms in total. The summed E-state index contributed by atoms with van der Waals surface area (Å²) in [7, 11) is 0. The topological polar surface area (TPSA) is 22.1 Å². The summed E-state index contributed by atoms with van der Waals surface area (Å²) >= 11 is 0. The van der Waals surface area contributed by atoms with Crippen molar-refractivity contribution in [3.8, 4) is 5.75 Å². The van der Waals surface area contributed by atoms with Gasteiger partial charge in [0.25, 0.3) is 0 Å². The molecular weight excluding hydrogens is 461 g/mol. The van der Waals surface area contributed by atoms with E-state index >= 15 is 0 Å². The van der Waals surface area contributed by atoms with Gasteiger partial charge in [-0.05, 0) is 29.3 Å². The van der Waals surface area contributed by atoms with Crippen molar-refractivity contribution in [1.29, 1.82) is 0 Å². The molecule has 0 saturated heterocycles. The Kier molecular flexibility index (Phi) is 6.76. The maximum atomic E-state index is 12.9.